The van der Waals surface area contributed by atoms with Crippen molar-refractivity contribution in [2.45, 2.75) is 26.5 Å². The van der Waals surface area contributed by atoms with Crippen LogP contribution in [0.3, 0.4) is 0 Å². The lowest BCUT2D eigenvalue weighted by Crippen LogP contribution is -2.38. The van der Waals surface area contributed by atoms with Gasteiger partial charge in [-0.1, -0.05) is 18.2 Å². The average Bonchev–Trinajstić information content (AvgIpc) is 3.14. The molecule has 2 aliphatic rings. The highest BCUT2D eigenvalue weighted by Crippen LogP contribution is 2.52. The van der Waals surface area contributed by atoms with Crippen LogP contribution in [-0.4, -0.2) is 9.78 Å². The van der Waals surface area contributed by atoms with Gasteiger partial charge in [0.2, 0.25) is 11.6 Å². The number of hydrogen-bond donors (Lipinski definition) is 1. The third-order valence-corrected chi connectivity index (χ3v) is 5.41. The summed E-state index contributed by atoms with van der Waals surface area (Å²) in [7, 11) is 0. The summed E-state index contributed by atoms with van der Waals surface area (Å²) < 4.78 is 15.3. The predicted molar refractivity (Wildman–Crippen MR) is 107 cm³/mol. The zero-order valence-electron chi connectivity index (χ0n) is 15.2. The molecule has 1 aromatic heterocycles. The monoisotopic (exact) mass is 423 g/mol. The molecule has 0 bridgehead atoms. The molecule has 3 aromatic rings. The molecule has 2 aliphatic heterocycles. The molecular weight excluding hydrogens is 406 g/mol. The molecule has 5 rings (SSSR count). The highest BCUT2D eigenvalue weighted by Gasteiger charge is 2.48. The van der Waals surface area contributed by atoms with E-state index in [0.29, 0.717) is 5.88 Å². The molecule has 0 saturated carbocycles. The molecule has 0 unspecified atom stereocenters. The molecule has 6 heteroatoms. The molecule has 136 valence electrons. The van der Waals surface area contributed by atoms with Crippen LogP contribution >= 0.6 is 15.9 Å². The second-order valence-corrected chi connectivity index (χ2v) is 7.81. The van der Waals surface area contributed by atoms with Gasteiger partial charge < -0.3 is 14.8 Å². The van der Waals surface area contributed by atoms with Crippen molar-refractivity contribution in [2.24, 2.45) is 0 Å². The van der Waals surface area contributed by atoms with E-state index in [2.05, 4.69) is 40.3 Å². The number of nitrogens with one attached hydrogen (secondary N) is 1. The van der Waals surface area contributed by atoms with E-state index < -0.39 is 5.72 Å². The molecule has 2 aromatic carbocycles. The number of hydrogen-bond acceptors (Lipinski definition) is 4. The number of fused-ring (bicyclic) bond motifs is 3. The second kappa shape index (κ2) is 5.63. The van der Waals surface area contributed by atoms with Crippen molar-refractivity contribution in [3.63, 3.8) is 0 Å². The van der Waals surface area contributed by atoms with Gasteiger partial charge in [-0.05, 0) is 66.5 Å². The van der Waals surface area contributed by atoms with Crippen LogP contribution in [-0.2, 0) is 5.72 Å². The van der Waals surface area contributed by atoms with Gasteiger partial charge in [-0.25, -0.2) is 4.68 Å². The van der Waals surface area contributed by atoms with Crippen molar-refractivity contribution in [3.8, 4) is 17.3 Å². The van der Waals surface area contributed by atoms with Gasteiger partial charge in [-0.2, -0.15) is 5.10 Å². The third kappa shape index (κ3) is 2.40. The van der Waals surface area contributed by atoms with E-state index in [9.17, 15) is 0 Å². The number of ether oxygens (including phenoxy) is 2. The summed E-state index contributed by atoms with van der Waals surface area (Å²) in [4.78, 5) is 0. The Balaban J connectivity index is 1.71. The van der Waals surface area contributed by atoms with Crippen molar-refractivity contribution < 1.29 is 9.47 Å². The van der Waals surface area contributed by atoms with Crippen LogP contribution in [0.2, 0.25) is 0 Å². The fourth-order valence-electron chi connectivity index (χ4n) is 3.80. The molecule has 3 heterocycles. The SMILES string of the molecule is CC1=C[C@]2(Nc3cc(C)cc(Br)c3O2)c2c(C)nn(-c3ccccc3)c2O1. The summed E-state index contributed by atoms with van der Waals surface area (Å²) >= 11 is 3.63. The first-order valence-corrected chi connectivity index (χ1v) is 9.56. The zero-order valence-corrected chi connectivity index (χ0v) is 16.8. The van der Waals surface area contributed by atoms with Crippen LogP contribution in [0.25, 0.3) is 5.69 Å². The minimum Gasteiger partial charge on any atom is -0.456 e. The molecular formula is C21H18BrN3O2. The lowest BCUT2D eigenvalue weighted by Gasteiger charge is -2.31. The fraction of sp³-hybridized carbons (Fsp3) is 0.190. The maximum Gasteiger partial charge on any atom is 0.237 e. The number of anilines is 1. The molecule has 0 saturated heterocycles. The number of nitrogens with zero attached hydrogens (tertiary/aromatic N) is 2. The number of allylic oxidation sites excluding steroid dienone is 1. The van der Waals surface area contributed by atoms with Gasteiger partial charge in [0.25, 0.3) is 0 Å². The van der Waals surface area contributed by atoms with Crippen molar-refractivity contribution >= 4 is 21.6 Å². The Morgan fingerprint density at radius 2 is 1.89 bits per heavy atom. The number of para-hydroxylation sites is 1. The third-order valence-electron chi connectivity index (χ3n) is 4.83. The number of aromatic nitrogens is 2. The Bertz CT molecular complexity index is 1100. The molecule has 0 aliphatic carbocycles. The van der Waals surface area contributed by atoms with E-state index in [4.69, 9.17) is 14.6 Å². The van der Waals surface area contributed by atoms with Crippen LogP contribution in [0.15, 0.2) is 58.8 Å². The quantitative estimate of drug-likeness (QED) is 0.583. The highest BCUT2D eigenvalue weighted by atomic mass is 79.9. The van der Waals surface area contributed by atoms with E-state index in [1.807, 2.05) is 54.9 Å². The molecule has 27 heavy (non-hydrogen) atoms. The van der Waals surface area contributed by atoms with Crippen LogP contribution < -0.4 is 14.8 Å². The van der Waals surface area contributed by atoms with E-state index in [1.54, 1.807) is 0 Å². The molecule has 1 atom stereocenters. The predicted octanol–water partition coefficient (Wildman–Crippen LogP) is 5.21. The standard InChI is InChI=1S/C21H18BrN3O2/c1-12-9-16(22)19-17(10-12)23-21(27-19)11-13(2)26-20-18(21)14(3)24-25(20)15-7-5-4-6-8-15/h4-11,23H,1-3H3/t21-/m1/s1. The first-order chi connectivity index (χ1) is 13.0. The van der Waals surface area contributed by atoms with Crippen molar-refractivity contribution in [3.05, 3.63) is 75.6 Å². The normalized spacial score (nSPS) is 19.6. The van der Waals surface area contributed by atoms with E-state index in [-0.39, 0.29) is 0 Å². The Hall–Kier alpha value is -2.73. The number of rotatable bonds is 1. The molecule has 0 amide bonds. The average molecular weight is 424 g/mol. The number of benzene rings is 2. The highest BCUT2D eigenvalue weighted by molar-refractivity contribution is 9.10. The molecule has 0 radical (unpaired) electrons. The van der Waals surface area contributed by atoms with Gasteiger partial charge in [0.15, 0.2) is 5.75 Å². The zero-order chi connectivity index (χ0) is 18.8. The van der Waals surface area contributed by atoms with Crippen molar-refractivity contribution in [2.75, 3.05) is 5.32 Å². The Morgan fingerprint density at radius 3 is 2.67 bits per heavy atom. The smallest absolute Gasteiger partial charge is 0.237 e. The number of aryl methyl sites for hydroxylation is 2. The minimum absolute atomic E-state index is 0.673. The van der Waals surface area contributed by atoms with E-state index in [0.717, 1.165) is 44.2 Å². The van der Waals surface area contributed by atoms with Crippen LogP contribution in [0, 0.1) is 13.8 Å². The maximum absolute atomic E-state index is 6.48. The first-order valence-electron chi connectivity index (χ1n) is 8.77. The van der Waals surface area contributed by atoms with E-state index >= 15 is 0 Å². The Labute approximate surface area is 165 Å². The largest absolute Gasteiger partial charge is 0.456 e. The minimum atomic E-state index is -0.840. The summed E-state index contributed by atoms with van der Waals surface area (Å²) in [6.45, 7) is 5.97. The fourth-order valence-corrected chi connectivity index (χ4v) is 4.46. The summed E-state index contributed by atoms with van der Waals surface area (Å²) in [6.07, 6.45) is 1.97. The maximum atomic E-state index is 6.48. The van der Waals surface area contributed by atoms with Gasteiger partial charge >= 0.3 is 0 Å². The molecule has 0 fully saturated rings. The molecule has 1 spiro atoms. The van der Waals surface area contributed by atoms with Gasteiger partial charge in [0.1, 0.15) is 11.3 Å². The van der Waals surface area contributed by atoms with Gasteiger partial charge in [0.05, 0.1) is 21.5 Å². The summed E-state index contributed by atoms with van der Waals surface area (Å²) in [6, 6.07) is 14.1. The molecule has 1 N–H and O–H groups in total. The number of halogens is 1. The summed E-state index contributed by atoms with van der Waals surface area (Å²) in [5.41, 5.74) is 3.94. The van der Waals surface area contributed by atoms with Crippen LogP contribution in [0.4, 0.5) is 5.69 Å². The summed E-state index contributed by atoms with van der Waals surface area (Å²) in [5, 5.41) is 8.31. The lowest BCUT2D eigenvalue weighted by atomic mass is 10.0. The van der Waals surface area contributed by atoms with E-state index in [1.165, 1.54) is 0 Å². The van der Waals surface area contributed by atoms with Gasteiger partial charge in [0, 0.05) is 6.08 Å². The van der Waals surface area contributed by atoms with Gasteiger partial charge in [-0.15, -0.1) is 0 Å². The van der Waals surface area contributed by atoms with Crippen LogP contribution in [0.1, 0.15) is 23.7 Å². The lowest BCUT2D eigenvalue weighted by molar-refractivity contribution is 0.152. The van der Waals surface area contributed by atoms with Crippen LogP contribution in [0.5, 0.6) is 11.6 Å². The van der Waals surface area contributed by atoms with Gasteiger partial charge in [-0.3, -0.25) is 0 Å². The van der Waals surface area contributed by atoms with Crippen molar-refractivity contribution in [1.82, 2.24) is 9.78 Å². The first kappa shape index (κ1) is 16.4. The summed E-state index contributed by atoms with van der Waals surface area (Å²) in [5.74, 6) is 2.23. The Kier molecular flexibility index (Phi) is 3.43. The topological polar surface area (TPSA) is 48.3 Å². The molecule has 5 nitrogen and oxygen atoms in total. The second-order valence-electron chi connectivity index (χ2n) is 6.96. The van der Waals surface area contributed by atoms with Crippen molar-refractivity contribution in [1.29, 1.82) is 0 Å². The Morgan fingerprint density at radius 1 is 1.11 bits per heavy atom.